The molecule has 2 heterocycles. The molecule has 0 spiro atoms. The summed E-state index contributed by atoms with van der Waals surface area (Å²) in [7, 11) is 1.67. The number of rotatable bonds is 12. The first-order chi connectivity index (χ1) is 18.8. The summed E-state index contributed by atoms with van der Waals surface area (Å²) in [6.45, 7) is 13.2. The van der Waals surface area contributed by atoms with E-state index >= 15 is 0 Å². The molecule has 0 N–H and O–H groups in total. The number of allylic oxidation sites excluding steroid dienone is 2. The van der Waals surface area contributed by atoms with Crippen LogP contribution in [0, 0.1) is 5.92 Å². The number of carbonyl (C=O) groups excluding carboxylic acids is 1. The molecule has 0 saturated carbocycles. The number of carbonyl (C=O) groups is 1. The third-order valence-electron chi connectivity index (χ3n) is 7.95. The summed E-state index contributed by atoms with van der Waals surface area (Å²) in [5, 5.41) is 0. The first kappa shape index (κ1) is 29.0. The van der Waals surface area contributed by atoms with Gasteiger partial charge in [-0.25, -0.2) is 0 Å². The fourth-order valence-corrected chi connectivity index (χ4v) is 6.03. The standard InChI is InChI=1S/C33H46N2O4/c1-7-9-13-35(28-12-10-11-25(8-2)16-28)32(36)21-34-20-27(17-29(34)15-24(5)14-23(3)4)26-18-30(37-6)33-31(19-26)38-22-39-33/h10-12,14,16,18-19,24,27,29H,7-9,13,15,17,20-22H2,1-6H3. The second-order valence-electron chi connectivity index (χ2n) is 11.4. The number of benzene rings is 2. The van der Waals surface area contributed by atoms with Crippen LogP contribution < -0.4 is 19.1 Å². The van der Waals surface area contributed by atoms with Gasteiger partial charge in [0.2, 0.25) is 18.4 Å². The fraction of sp³-hybridized carbons (Fsp3) is 0.545. The van der Waals surface area contributed by atoms with E-state index in [1.165, 1.54) is 16.7 Å². The minimum atomic E-state index is 0.181. The summed E-state index contributed by atoms with van der Waals surface area (Å²) in [6.07, 6.45) is 7.37. The lowest BCUT2D eigenvalue weighted by Gasteiger charge is -2.30. The van der Waals surface area contributed by atoms with Gasteiger partial charge < -0.3 is 19.1 Å². The van der Waals surface area contributed by atoms with E-state index in [-0.39, 0.29) is 18.6 Å². The van der Waals surface area contributed by atoms with Gasteiger partial charge in [-0.2, -0.15) is 0 Å². The van der Waals surface area contributed by atoms with Gasteiger partial charge >= 0.3 is 0 Å². The van der Waals surface area contributed by atoms with E-state index in [0.29, 0.717) is 30.0 Å². The molecule has 3 unspecified atom stereocenters. The maximum absolute atomic E-state index is 13.9. The molecule has 1 saturated heterocycles. The zero-order chi connectivity index (χ0) is 27.9. The fourth-order valence-electron chi connectivity index (χ4n) is 6.03. The van der Waals surface area contributed by atoms with Crippen LogP contribution in [0.3, 0.4) is 0 Å². The second kappa shape index (κ2) is 13.4. The van der Waals surface area contributed by atoms with Crippen molar-refractivity contribution >= 4 is 11.6 Å². The number of likely N-dealkylation sites (tertiary alicyclic amines) is 1. The van der Waals surface area contributed by atoms with Crippen molar-refractivity contribution in [2.75, 3.05) is 38.4 Å². The molecule has 1 amide bonds. The largest absolute Gasteiger partial charge is 0.493 e. The number of unbranched alkanes of at least 4 members (excludes halogenated alkanes) is 1. The average Bonchev–Trinajstić information content (AvgIpc) is 3.55. The zero-order valence-corrected chi connectivity index (χ0v) is 24.7. The first-order valence-corrected chi connectivity index (χ1v) is 14.6. The van der Waals surface area contributed by atoms with Crippen LogP contribution in [0.25, 0.3) is 0 Å². The zero-order valence-electron chi connectivity index (χ0n) is 24.7. The molecule has 2 aliphatic heterocycles. The highest BCUT2D eigenvalue weighted by molar-refractivity contribution is 5.95. The highest BCUT2D eigenvalue weighted by Gasteiger charge is 2.36. The molecule has 6 heteroatoms. The van der Waals surface area contributed by atoms with Gasteiger partial charge in [0.1, 0.15) is 0 Å². The van der Waals surface area contributed by atoms with Gasteiger partial charge in [0.25, 0.3) is 0 Å². The van der Waals surface area contributed by atoms with E-state index in [0.717, 1.165) is 56.6 Å². The number of fused-ring (bicyclic) bond motifs is 1. The van der Waals surface area contributed by atoms with Crippen molar-refractivity contribution in [2.45, 2.75) is 78.7 Å². The van der Waals surface area contributed by atoms with Gasteiger partial charge in [0, 0.05) is 24.8 Å². The Morgan fingerprint density at radius 1 is 1.21 bits per heavy atom. The molecule has 0 radical (unpaired) electrons. The first-order valence-electron chi connectivity index (χ1n) is 14.6. The molecule has 0 aliphatic carbocycles. The van der Waals surface area contributed by atoms with Crippen molar-refractivity contribution in [1.82, 2.24) is 4.90 Å². The molecule has 2 aromatic carbocycles. The van der Waals surface area contributed by atoms with Crippen LogP contribution in [-0.4, -0.2) is 50.4 Å². The Balaban J connectivity index is 1.58. The van der Waals surface area contributed by atoms with E-state index in [1.54, 1.807) is 7.11 Å². The summed E-state index contributed by atoms with van der Waals surface area (Å²) >= 11 is 0. The quantitative estimate of drug-likeness (QED) is 0.275. The lowest BCUT2D eigenvalue weighted by molar-refractivity contribution is -0.120. The minimum Gasteiger partial charge on any atom is -0.493 e. The molecule has 6 nitrogen and oxygen atoms in total. The Labute approximate surface area is 234 Å². The molecule has 39 heavy (non-hydrogen) atoms. The number of hydrogen-bond acceptors (Lipinski definition) is 5. The summed E-state index contributed by atoms with van der Waals surface area (Å²) in [6, 6.07) is 13.0. The number of hydrogen-bond donors (Lipinski definition) is 0. The number of anilines is 1. The molecular weight excluding hydrogens is 488 g/mol. The molecular formula is C33H46N2O4. The summed E-state index contributed by atoms with van der Waals surface area (Å²) in [5.41, 5.74) is 4.79. The molecule has 4 rings (SSSR count). The van der Waals surface area contributed by atoms with E-state index in [4.69, 9.17) is 14.2 Å². The third-order valence-corrected chi connectivity index (χ3v) is 7.95. The van der Waals surface area contributed by atoms with Crippen LogP contribution in [0.15, 0.2) is 48.0 Å². The van der Waals surface area contributed by atoms with Crippen molar-refractivity contribution in [2.24, 2.45) is 5.92 Å². The predicted molar refractivity (Wildman–Crippen MR) is 158 cm³/mol. The van der Waals surface area contributed by atoms with E-state index in [9.17, 15) is 4.79 Å². The highest BCUT2D eigenvalue weighted by atomic mass is 16.7. The van der Waals surface area contributed by atoms with Gasteiger partial charge in [0.05, 0.1) is 13.7 Å². The average molecular weight is 535 g/mol. The number of amides is 1. The van der Waals surface area contributed by atoms with Crippen molar-refractivity contribution in [3.05, 3.63) is 59.2 Å². The molecule has 1 fully saturated rings. The van der Waals surface area contributed by atoms with Crippen LogP contribution in [0.1, 0.15) is 77.3 Å². The van der Waals surface area contributed by atoms with Crippen molar-refractivity contribution in [3.8, 4) is 17.2 Å². The Morgan fingerprint density at radius 2 is 2.03 bits per heavy atom. The summed E-state index contributed by atoms with van der Waals surface area (Å²) in [5.74, 6) is 3.06. The van der Waals surface area contributed by atoms with Gasteiger partial charge in [-0.05, 0) is 86.8 Å². The van der Waals surface area contributed by atoms with Crippen molar-refractivity contribution < 1.29 is 19.0 Å². The second-order valence-corrected chi connectivity index (χ2v) is 11.4. The van der Waals surface area contributed by atoms with Gasteiger partial charge in [0.15, 0.2) is 11.5 Å². The van der Waals surface area contributed by atoms with E-state index in [1.807, 2.05) is 4.90 Å². The monoisotopic (exact) mass is 534 g/mol. The van der Waals surface area contributed by atoms with E-state index in [2.05, 4.69) is 82.0 Å². The minimum absolute atomic E-state index is 0.181. The van der Waals surface area contributed by atoms with Crippen LogP contribution in [0.4, 0.5) is 5.69 Å². The Morgan fingerprint density at radius 3 is 2.74 bits per heavy atom. The Bertz CT molecular complexity index is 1160. The van der Waals surface area contributed by atoms with Crippen LogP contribution in [0.2, 0.25) is 0 Å². The number of nitrogens with zero attached hydrogens (tertiary/aromatic N) is 2. The predicted octanol–water partition coefficient (Wildman–Crippen LogP) is 6.97. The van der Waals surface area contributed by atoms with Gasteiger partial charge in [-0.3, -0.25) is 9.69 Å². The van der Waals surface area contributed by atoms with Crippen molar-refractivity contribution in [3.63, 3.8) is 0 Å². The topological polar surface area (TPSA) is 51.2 Å². The molecule has 212 valence electrons. The van der Waals surface area contributed by atoms with Crippen LogP contribution in [-0.2, 0) is 11.2 Å². The molecule has 3 atom stereocenters. The number of ether oxygens (including phenoxy) is 3. The van der Waals surface area contributed by atoms with Crippen molar-refractivity contribution in [1.29, 1.82) is 0 Å². The Kier molecular flexibility index (Phi) is 9.95. The normalized spacial score (nSPS) is 19.1. The summed E-state index contributed by atoms with van der Waals surface area (Å²) in [4.78, 5) is 18.4. The summed E-state index contributed by atoms with van der Waals surface area (Å²) < 4.78 is 17.0. The lowest BCUT2D eigenvalue weighted by Crippen LogP contribution is -2.43. The van der Waals surface area contributed by atoms with Crippen LogP contribution >= 0.6 is 0 Å². The number of methoxy groups -OCH3 is 1. The maximum Gasteiger partial charge on any atom is 0.241 e. The maximum atomic E-state index is 13.9. The Hall–Kier alpha value is -2.99. The molecule has 2 aromatic rings. The SMILES string of the molecule is CCCCN(C(=O)CN1CC(c2cc(OC)c3c(c2)OCO3)CC1CC(C)C=C(C)C)c1cccc(CC)c1. The van der Waals surface area contributed by atoms with Crippen LogP contribution in [0.5, 0.6) is 17.2 Å². The van der Waals surface area contributed by atoms with E-state index < -0.39 is 0 Å². The smallest absolute Gasteiger partial charge is 0.241 e. The molecule has 2 aliphatic rings. The van der Waals surface area contributed by atoms with Gasteiger partial charge in [-0.1, -0.05) is 51.0 Å². The molecule has 0 aromatic heterocycles. The highest BCUT2D eigenvalue weighted by Crippen LogP contribution is 2.45. The number of aryl methyl sites for hydroxylation is 1. The lowest BCUT2D eigenvalue weighted by atomic mass is 9.92. The third kappa shape index (κ3) is 7.16. The van der Waals surface area contributed by atoms with Gasteiger partial charge in [-0.15, -0.1) is 0 Å². The molecule has 0 bridgehead atoms.